The molecule has 4 heteroatoms. The molecule has 4 nitrogen and oxygen atoms in total. The Morgan fingerprint density at radius 2 is 1.63 bits per heavy atom. The number of ether oxygens (including phenoxy) is 1. The van der Waals surface area contributed by atoms with Gasteiger partial charge in [0.15, 0.2) is 0 Å². The standard InChI is InChI=1S/C23H28N2O2/c1-19(20-8-4-2-5-9-20)16-24-14-12-23(13-15-24)18-25(22(26)17-27-23)21-10-6-3-7-11-21/h2-11,19H,12-18H2,1H3. The van der Waals surface area contributed by atoms with E-state index >= 15 is 0 Å². The maximum absolute atomic E-state index is 12.4. The SMILES string of the molecule is CC(CN1CCC2(CC1)CN(c1ccccc1)C(=O)CO2)c1ccccc1. The van der Waals surface area contributed by atoms with Crippen molar-refractivity contribution in [1.82, 2.24) is 4.90 Å². The monoisotopic (exact) mass is 364 g/mol. The molecule has 27 heavy (non-hydrogen) atoms. The number of morpholine rings is 1. The van der Waals surface area contributed by atoms with Crippen LogP contribution in [0.2, 0.25) is 0 Å². The number of piperidine rings is 1. The topological polar surface area (TPSA) is 32.8 Å². The molecule has 2 fully saturated rings. The molecule has 1 atom stereocenters. The Kier molecular flexibility index (Phi) is 5.28. The van der Waals surface area contributed by atoms with Crippen LogP contribution in [0.4, 0.5) is 5.69 Å². The quantitative estimate of drug-likeness (QED) is 0.829. The van der Waals surface area contributed by atoms with Gasteiger partial charge in [-0.15, -0.1) is 0 Å². The second-order valence-corrected chi connectivity index (χ2v) is 7.90. The molecule has 2 heterocycles. The zero-order valence-corrected chi connectivity index (χ0v) is 16.0. The Morgan fingerprint density at radius 3 is 2.30 bits per heavy atom. The average molecular weight is 364 g/mol. The summed E-state index contributed by atoms with van der Waals surface area (Å²) in [5, 5.41) is 0. The molecule has 4 rings (SSSR count). The molecule has 1 amide bonds. The third-order valence-corrected chi connectivity index (χ3v) is 5.98. The maximum atomic E-state index is 12.4. The average Bonchev–Trinajstić information content (AvgIpc) is 2.73. The lowest BCUT2D eigenvalue weighted by Crippen LogP contribution is -2.59. The molecule has 0 radical (unpaired) electrons. The van der Waals surface area contributed by atoms with Crippen molar-refractivity contribution >= 4 is 11.6 Å². The molecule has 1 unspecified atom stereocenters. The zero-order valence-electron chi connectivity index (χ0n) is 16.0. The number of benzene rings is 2. The van der Waals surface area contributed by atoms with Gasteiger partial charge in [0.05, 0.1) is 12.1 Å². The van der Waals surface area contributed by atoms with Crippen molar-refractivity contribution in [3.8, 4) is 0 Å². The summed E-state index contributed by atoms with van der Waals surface area (Å²) in [6, 6.07) is 20.7. The van der Waals surface area contributed by atoms with Crippen molar-refractivity contribution in [3.63, 3.8) is 0 Å². The predicted molar refractivity (Wildman–Crippen MR) is 108 cm³/mol. The van der Waals surface area contributed by atoms with Crippen LogP contribution in [0.5, 0.6) is 0 Å². The number of amides is 1. The second-order valence-electron chi connectivity index (χ2n) is 7.90. The molecule has 0 saturated carbocycles. The van der Waals surface area contributed by atoms with E-state index in [1.807, 2.05) is 35.2 Å². The highest BCUT2D eigenvalue weighted by Gasteiger charge is 2.42. The van der Waals surface area contributed by atoms with Gasteiger partial charge in [-0.05, 0) is 36.5 Å². The highest BCUT2D eigenvalue weighted by molar-refractivity contribution is 5.95. The van der Waals surface area contributed by atoms with Gasteiger partial charge in [0.2, 0.25) is 0 Å². The summed E-state index contributed by atoms with van der Waals surface area (Å²) in [5.74, 6) is 0.585. The van der Waals surface area contributed by atoms with Crippen LogP contribution in [0.25, 0.3) is 0 Å². The molecular formula is C23H28N2O2. The van der Waals surface area contributed by atoms with E-state index in [9.17, 15) is 4.79 Å². The number of hydrogen-bond donors (Lipinski definition) is 0. The van der Waals surface area contributed by atoms with Crippen molar-refractivity contribution in [3.05, 3.63) is 66.2 Å². The molecule has 142 valence electrons. The smallest absolute Gasteiger partial charge is 0.253 e. The van der Waals surface area contributed by atoms with Crippen LogP contribution in [0.1, 0.15) is 31.2 Å². The summed E-state index contributed by atoms with van der Waals surface area (Å²) in [5.41, 5.74) is 2.17. The van der Waals surface area contributed by atoms with Crippen molar-refractivity contribution in [2.75, 3.05) is 37.7 Å². The molecule has 1 spiro atoms. The molecule has 2 aliphatic rings. The third kappa shape index (κ3) is 4.07. The van der Waals surface area contributed by atoms with Crippen molar-refractivity contribution in [2.24, 2.45) is 0 Å². The van der Waals surface area contributed by atoms with Gasteiger partial charge in [0, 0.05) is 25.3 Å². The fourth-order valence-corrected chi connectivity index (χ4v) is 4.28. The number of rotatable bonds is 4. The van der Waals surface area contributed by atoms with E-state index in [4.69, 9.17) is 4.74 Å². The number of carbonyl (C=O) groups excluding carboxylic acids is 1. The Bertz CT molecular complexity index is 754. The lowest BCUT2D eigenvalue weighted by Gasteiger charge is -2.47. The van der Waals surface area contributed by atoms with Gasteiger partial charge in [-0.1, -0.05) is 55.5 Å². The first-order chi connectivity index (χ1) is 13.2. The van der Waals surface area contributed by atoms with Crippen molar-refractivity contribution < 1.29 is 9.53 Å². The summed E-state index contributed by atoms with van der Waals surface area (Å²) >= 11 is 0. The lowest BCUT2D eigenvalue weighted by atomic mass is 9.88. The van der Waals surface area contributed by atoms with Gasteiger partial charge in [-0.2, -0.15) is 0 Å². The van der Waals surface area contributed by atoms with Crippen LogP contribution in [0, 0.1) is 0 Å². The second kappa shape index (κ2) is 7.83. The normalized spacial score (nSPS) is 21.4. The van der Waals surface area contributed by atoms with E-state index in [0.29, 0.717) is 12.5 Å². The van der Waals surface area contributed by atoms with Gasteiger partial charge < -0.3 is 14.5 Å². The zero-order chi connectivity index (χ0) is 18.7. The summed E-state index contributed by atoms with van der Waals surface area (Å²) in [6.07, 6.45) is 1.95. The van der Waals surface area contributed by atoms with Crippen LogP contribution < -0.4 is 4.90 Å². The highest BCUT2D eigenvalue weighted by Crippen LogP contribution is 2.33. The van der Waals surface area contributed by atoms with Crippen LogP contribution in [-0.4, -0.2) is 49.2 Å². The summed E-state index contributed by atoms with van der Waals surface area (Å²) in [6.45, 7) is 6.27. The van der Waals surface area contributed by atoms with Crippen LogP contribution in [0.15, 0.2) is 60.7 Å². The van der Waals surface area contributed by atoms with Gasteiger partial charge >= 0.3 is 0 Å². The maximum Gasteiger partial charge on any atom is 0.253 e. The molecular weight excluding hydrogens is 336 g/mol. The third-order valence-electron chi connectivity index (χ3n) is 5.98. The largest absolute Gasteiger partial charge is 0.363 e. The molecule has 0 aliphatic carbocycles. The minimum Gasteiger partial charge on any atom is -0.363 e. The number of nitrogens with zero attached hydrogens (tertiary/aromatic N) is 2. The van der Waals surface area contributed by atoms with E-state index in [2.05, 4.69) is 42.2 Å². The first kappa shape index (κ1) is 18.2. The summed E-state index contributed by atoms with van der Waals surface area (Å²) in [4.78, 5) is 16.8. The van der Waals surface area contributed by atoms with E-state index in [1.165, 1.54) is 5.56 Å². The number of para-hydroxylation sites is 1. The van der Waals surface area contributed by atoms with Gasteiger partial charge in [-0.3, -0.25) is 4.79 Å². The highest BCUT2D eigenvalue weighted by atomic mass is 16.5. The number of anilines is 1. The molecule has 2 aliphatic heterocycles. The molecule has 0 N–H and O–H groups in total. The lowest BCUT2D eigenvalue weighted by molar-refractivity contribution is -0.144. The van der Waals surface area contributed by atoms with E-state index in [0.717, 1.165) is 38.2 Å². The fourth-order valence-electron chi connectivity index (χ4n) is 4.28. The minimum absolute atomic E-state index is 0.0620. The van der Waals surface area contributed by atoms with Crippen LogP contribution in [0.3, 0.4) is 0 Å². The predicted octanol–water partition coefficient (Wildman–Crippen LogP) is 3.69. The first-order valence-electron chi connectivity index (χ1n) is 9.92. The van der Waals surface area contributed by atoms with E-state index in [1.54, 1.807) is 0 Å². The molecule has 2 saturated heterocycles. The molecule has 2 aromatic rings. The molecule has 2 aromatic carbocycles. The van der Waals surface area contributed by atoms with Gasteiger partial charge in [0.1, 0.15) is 6.61 Å². The Morgan fingerprint density at radius 1 is 1.00 bits per heavy atom. The van der Waals surface area contributed by atoms with E-state index < -0.39 is 0 Å². The van der Waals surface area contributed by atoms with E-state index in [-0.39, 0.29) is 18.1 Å². The van der Waals surface area contributed by atoms with Crippen LogP contribution in [-0.2, 0) is 9.53 Å². The minimum atomic E-state index is -0.198. The Hall–Kier alpha value is -2.17. The fraction of sp³-hybridized carbons (Fsp3) is 0.435. The molecule has 0 aromatic heterocycles. The number of hydrogen-bond acceptors (Lipinski definition) is 3. The number of carbonyl (C=O) groups is 1. The van der Waals surface area contributed by atoms with Crippen molar-refractivity contribution in [1.29, 1.82) is 0 Å². The van der Waals surface area contributed by atoms with Crippen LogP contribution >= 0.6 is 0 Å². The summed E-state index contributed by atoms with van der Waals surface area (Å²) in [7, 11) is 0. The number of likely N-dealkylation sites (tertiary alicyclic amines) is 1. The summed E-state index contributed by atoms with van der Waals surface area (Å²) < 4.78 is 6.09. The Balaban J connectivity index is 1.37. The first-order valence-corrected chi connectivity index (χ1v) is 9.92. The van der Waals surface area contributed by atoms with Crippen molar-refractivity contribution in [2.45, 2.75) is 31.3 Å². The Labute approximate surface area is 161 Å². The van der Waals surface area contributed by atoms with Gasteiger partial charge in [0.25, 0.3) is 5.91 Å². The molecule has 0 bridgehead atoms. The van der Waals surface area contributed by atoms with Gasteiger partial charge in [-0.25, -0.2) is 0 Å².